The number of benzene rings is 2. The van der Waals surface area contributed by atoms with Gasteiger partial charge in [0.15, 0.2) is 0 Å². The smallest absolute Gasteiger partial charge is 0.240 e. The molecule has 0 spiro atoms. The molecule has 2 aromatic rings. The number of nitrogens with one attached hydrogen (secondary N) is 2. The molecule has 1 aliphatic rings. The van der Waals surface area contributed by atoms with Gasteiger partial charge in [-0.25, -0.2) is 4.39 Å². The molecule has 3 rings (SSSR count). The van der Waals surface area contributed by atoms with Gasteiger partial charge in [0.1, 0.15) is 22.7 Å². The predicted molar refractivity (Wildman–Crippen MR) is 99.9 cm³/mol. The van der Waals surface area contributed by atoms with E-state index in [1.807, 2.05) is 0 Å². The quantitative estimate of drug-likeness (QED) is 0.732. The summed E-state index contributed by atoms with van der Waals surface area (Å²) in [6.07, 6.45) is 0.734. The number of hydrogen-bond acceptors (Lipinski definition) is 4. The Labute approximate surface area is 160 Å². The molecular formula is C19H18ClFN2O4. The van der Waals surface area contributed by atoms with Crippen molar-refractivity contribution in [3.63, 3.8) is 0 Å². The topological polar surface area (TPSA) is 76.7 Å². The molecule has 8 heteroatoms. The van der Waals surface area contributed by atoms with E-state index in [1.54, 1.807) is 6.07 Å². The number of methoxy groups -OCH3 is 2. The molecule has 0 radical (unpaired) electrons. The van der Waals surface area contributed by atoms with Gasteiger partial charge in [-0.05, 0) is 25.0 Å². The second kappa shape index (κ2) is 7.44. The van der Waals surface area contributed by atoms with Gasteiger partial charge in [0.2, 0.25) is 11.8 Å². The first kappa shape index (κ1) is 19.0. The summed E-state index contributed by atoms with van der Waals surface area (Å²) in [5.74, 6) is -0.928. The maximum Gasteiger partial charge on any atom is 0.240 e. The summed E-state index contributed by atoms with van der Waals surface area (Å²) in [7, 11) is 2.88. The molecule has 0 heterocycles. The number of hydrogen-bond donors (Lipinski definition) is 2. The Morgan fingerprint density at radius 3 is 2.15 bits per heavy atom. The Kier molecular flexibility index (Phi) is 5.23. The monoisotopic (exact) mass is 392 g/mol. The fraction of sp³-hybridized carbons (Fsp3) is 0.263. The van der Waals surface area contributed by atoms with Gasteiger partial charge in [-0.1, -0.05) is 23.7 Å². The molecule has 0 aliphatic heterocycles. The van der Waals surface area contributed by atoms with E-state index in [-0.39, 0.29) is 5.69 Å². The lowest BCUT2D eigenvalue weighted by atomic mass is 10.0. The summed E-state index contributed by atoms with van der Waals surface area (Å²) < 4.78 is 24.1. The molecule has 1 aliphatic carbocycles. The lowest BCUT2D eigenvalue weighted by molar-refractivity contribution is -0.131. The van der Waals surface area contributed by atoms with Crippen molar-refractivity contribution in [3.8, 4) is 11.5 Å². The van der Waals surface area contributed by atoms with Crippen LogP contribution in [0.1, 0.15) is 12.8 Å². The maximum atomic E-state index is 13.8. The first-order valence-electron chi connectivity index (χ1n) is 8.20. The summed E-state index contributed by atoms with van der Waals surface area (Å²) >= 11 is 6.06. The third-order valence-corrected chi connectivity index (χ3v) is 4.76. The zero-order valence-electron chi connectivity index (χ0n) is 14.8. The third kappa shape index (κ3) is 3.68. The molecule has 27 heavy (non-hydrogen) atoms. The van der Waals surface area contributed by atoms with Crippen LogP contribution < -0.4 is 20.1 Å². The van der Waals surface area contributed by atoms with E-state index in [0.29, 0.717) is 35.1 Å². The summed E-state index contributed by atoms with van der Waals surface area (Å²) in [6, 6.07) is 8.82. The van der Waals surface area contributed by atoms with Crippen molar-refractivity contribution in [2.24, 2.45) is 5.41 Å². The van der Waals surface area contributed by atoms with E-state index in [4.69, 9.17) is 21.1 Å². The first-order valence-corrected chi connectivity index (χ1v) is 8.58. The van der Waals surface area contributed by atoms with Gasteiger partial charge in [-0.3, -0.25) is 9.59 Å². The minimum atomic E-state index is -1.25. The van der Waals surface area contributed by atoms with Crippen LogP contribution in [0.2, 0.25) is 5.02 Å². The van der Waals surface area contributed by atoms with Crippen LogP contribution in [0.5, 0.6) is 11.5 Å². The van der Waals surface area contributed by atoms with Crippen molar-refractivity contribution in [2.45, 2.75) is 12.8 Å². The van der Waals surface area contributed by atoms with Crippen molar-refractivity contribution in [1.82, 2.24) is 0 Å². The van der Waals surface area contributed by atoms with E-state index < -0.39 is 23.0 Å². The molecule has 1 fully saturated rings. The molecule has 0 bridgehead atoms. The fourth-order valence-electron chi connectivity index (χ4n) is 2.69. The Morgan fingerprint density at radius 1 is 1.00 bits per heavy atom. The normalized spacial score (nSPS) is 14.2. The molecule has 6 nitrogen and oxygen atoms in total. The predicted octanol–water partition coefficient (Wildman–Crippen LogP) is 3.85. The van der Waals surface area contributed by atoms with Crippen LogP contribution in [0.15, 0.2) is 36.4 Å². The van der Waals surface area contributed by atoms with Crippen molar-refractivity contribution in [3.05, 3.63) is 47.2 Å². The highest BCUT2D eigenvalue weighted by Crippen LogP contribution is 2.48. The van der Waals surface area contributed by atoms with Crippen LogP contribution in [0.3, 0.4) is 0 Å². The van der Waals surface area contributed by atoms with Gasteiger partial charge in [0.25, 0.3) is 0 Å². The van der Waals surface area contributed by atoms with E-state index in [9.17, 15) is 14.0 Å². The summed E-state index contributed by atoms with van der Waals surface area (Å²) in [5.41, 5.74) is -0.888. The number of carbonyl (C=O) groups excluding carboxylic acids is 2. The number of ether oxygens (including phenoxy) is 2. The van der Waals surface area contributed by atoms with Crippen molar-refractivity contribution in [1.29, 1.82) is 0 Å². The van der Waals surface area contributed by atoms with Gasteiger partial charge in [-0.15, -0.1) is 0 Å². The summed E-state index contributed by atoms with van der Waals surface area (Å²) in [4.78, 5) is 25.4. The Bertz CT molecular complexity index is 899. The van der Waals surface area contributed by atoms with Gasteiger partial charge in [0.05, 0.1) is 30.6 Å². The number of amides is 2. The third-order valence-electron chi connectivity index (χ3n) is 4.46. The number of rotatable bonds is 6. The first-order chi connectivity index (χ1) is 12.9. The molecule has 2 aromatic carbocycles. The largest absolute Gasteiger partial charge is 0.495 e. The lowest BCUT2D eigenvalue weighted by Gasteiger charge is -2.18. The molecule has 1 saturated carbocycles. The highest BCUT2D eigenvalue weighted by Gasteiger charge is 2.56. The van der Waals surface area contributed by atoms with Crippen LogP contribution in [-0.2, 0) is 9.59 Å². The minimum absolute atomic E-state index is 0.0346. The number of carbonyl (C=O) groups is 2. The average Bonchev–Trinajstić information content (AvgIpc) is 3.46. The van der Waals surface area contributed by atoms with Crippen LogP contribution in [-0.4, -0.2) is 26.0 Å². The highest BCUT2D eigenvalue weighted by atomic mass is 35.5. The van der Waals surface area contributed by atoms with Crippen molar-refractivity contribution < 1.29 is 23.5 Å². The van der Waals surface area contributed by atoms with Gasteiger partial charge in [0, 0.05) is 12.1 Å². The van der Waals surface area contributed by atoms with E-state index in [1.165, 1.54) is 44.6 Å². The van der Waals surface area contributed by atoms with E-state index >= 15 is 0 Å². The Hall–Kier alpha value is -2.80. The van der Waals surface area contributed by atoms with Crippen LogP contribution >= 0.6 is 11.6 Å². The van der Waals surface area contributed by atoms with Gasteiger partial charge in [-0.2, -0.15) is 0 Å². The number of anilines is 2. The molecule has 142 valence electrons. The molecule has 0 aromatic heterocycles. The van der Waals surface area contributed by atoms with E-state index in [0.717, 1.165) is 0 Å². The van der Waals surface area contributed by atoms with Crippen molar-refractivity contribution in [2.75, 3.05) is 24.9 Å². The summed E-state index contributed by atoms with van der Waals surface area (Å²) in [5, 5.41) is 5.50. The Balaban J connectivity index is 1.80. The van der Waals surface area contributed by atoms with Gasteiger partial charge >= 0.3 is 0 Å². The maximum absolute atomic E-state index is 13.8. The molecule has 2 amide bonds. The SMILES string of the molecule is COc1cc(NC(=O)C2(C(=O)Nc3ccccc3F)CC2)c(OC)cc1Cl. The lowest BCUT2D eigenvalue weighted by Crippen LogP contribution is -2.36. The summed E-state index contributed by atoms with van der Waals surface area (Å²) in [6.45, 7) is 0. The minimum Gasteiger partial charge on any atom is -0.495 e. The molecule has 0 unspecified atom stereocenters. The average molecular weight is 393 g/mol. The van der Waals surface area contributed by atoms with Crippen LogP contribution in [0.25, 0.3) is 0 Å². The number of halogens is 2. The molecule has 0 atom stereocenters. The second-order valence-corrected chi connectivity index (χ2v) is 6.56. The van der Waals surface area contributed by atoms with E-state index in [2.05, 4.69) is 10.6 Å². The molecule has 2 N–H and O–H groups in total. The highest BCUT2D eigenvalue weighted by molar-refractivity contribution is 6.32. The molecule has 0 saturated heterocycles. The van der Waals surface area contributed by atoms with Crippen molar-refractivity contribution >= 4 is 34.8 Å². The standard InChI is InChI=1S/C19H18ClFN2O4/c1-26-15-10-14(16(27-2)9-11(15)20)23-18(25)19(7-8-19)17(24)22-13-6-4-3-5-12(13)21/h3-6,9-10H,7-8H2,1-2H3,(H,22,24)(H,23,25). The number of para-hydroxylation sites is 1. The Morgan fingerprint density at radius 2 is 1.59 bits per heavy atom. The van der Waals surface area contributed by atoms with Crippen LogP contribution in [0.4, 0.5) is 15.8 Å². The zero-order valence-corrected chi connectivity index (χ0v) is 15.5. The second-order valence-electron chi connectivity index (χ2n) is 6.16. The fourth-order valence-corrected chi connectivity index (χ4v) is 2.92. The molecular weight excluding hydrogens is 375 g/mol. The van der Waals surface area contributed by atoms with Gasteiger partial charge < -0.3 is 20.1 Å². The zero-order chi connectivity index (χ0) is 19.6. The van der Waals surface area contributed by atoms with Crippen LogP contribution in [0, 0.1) is 11.2 Å².